The van der Waals surface area contributed by atoms with Gasteiger partial charge < -0.3 is 4.74 Å². The normalized spacial score (nSPS) is 17.6. The number of hydrogen-bond donors (Lipinski definition) is 0. The van der Waals surface area contributed by atoms with Crippen molar-refractivity contribution in [2.24, 2.45) is 0 Å². The van der Waals surface area contributed by atoms with Crippen molar-refractivity contribution in [3.63, 3.8) is 0 Å². The molecule has 1 fully saturated rings. The number of methoxy groups -OCH3 is 1. The molecule has 3 nitrogen and oxygen atoms in total. The van der Waals surface area contributed by atoms with Crippen LogP contribution in [0.4, 0.5) is 0 Å². The minimum absolute atomic E-state index is 0.0318. The van der Waals surface area contributed by atoms with E-state index in [9.17, 15) is 0 Å². The van der Waals surface area contributed by atoms with Crippen LogP contribution in [0.5, 0.6) is 5.75 Å². The van der Waals surface area contributed by atoms with Crippen LogP contribution in [0.1, 0.15) is 47.1 Å². The average molecular weight is 304 g/mol. The molecule has 3 heteroatoms. The summed E-state index contributed by atoms with van der Waals surface area (Å²) in [6.07, 6.45) is 0. The summed E-state index contributed by atoms with van der Waals surface area (Å²) in [5, 5.41) is 0. The highest BCUT2D eigenvalue weighted by Gasteiger charge is 2.43. The van der Waals surface area contributed by atoms with Crippen molar-refractivity contribution >= 4 is 0 Å². The van der Waals surface area contributed by atoms with E-state index in [0.717, 1.165) is 25.4 Å². The molecule has 1 heterocycles. The van der Waals surface area contributed by atoms with E-state index in [1.807, 2.05) is 6.07 Å². The van der Waals surface area contributed by atoms with Crippen LogP contribution in [-0.2, 0) is 5.54 Å². The maximum absolute atomic E-state index is 5.60. The Bertz CT molecular complexity index is 498. The molecule has 0 atom stereocenters. The Labute approximate surface area is 136 Å². The largest absolute Gasteiger partial charge is 0.496 e. The first-order valence-electron chi connectivity index (χ1n) is 8.37. The molecule has 22 heavy (non-hydrogen) atoms. The molecule has 1 saturated heterocycles. The number of benzene rings is 1. The van der Waals surface area contributed by atoms with E-state index in [1.165, 1.54) is 5.56 Å². The average Bonchev–Trinajstić information content (AvgIpc) is 2.40. The fourth-order valence-electron chi connectivity index (χ4n) is 3.61. The molecular weight excluding hydrogens is 272 g/mol. The number of hydrogen-bond acceptors (Lipinski definition) is 3. The van der Waals surface area contributed by atoms with Crippen molar-refractivity contribution in [2.75, 3.05) is 26.7 Å². The third-order valence-electron chi connectivity index (χ3n) is 5.08. The lowest BCUT2D eigenvalue weighted by Crippen LogP contribution is -2.67. The number of para-hydroxylation sites is 1. The molecule has 0 unspecified atom stereocenters. The number of likely N-dealkylation sites (tertiary alicyclic amines) is 1. The molecule has 124 valence electrons. The molecule has 0 aromatic heterocycles. The van der Waals surface area contributed by atoms with Gasteiger partial charge in [0.15, 0.2) is 0 Å². The van der Waals surface area contributed by atoms with Gasteiger partial charge in [0.1, 0.15) is 5.75 Å². The molecule has 0 saturated carbocycles. The van der Waals surface area contributed by atoms with Gasteiger partial charge in [-0.05, 0) is 47.2 Å². The molecule has 0 aliphatic carbocycles. The first-order valence-corrected chi connectivity index (χ1v) is 8.37. The van der Waals surface area contributed by atoms with Crippen LogP contribution in [0.25, 0.3) is 0 Å². The second-order valence-corrected chi connectivity index (χ2v) is 7.77. The summed E-state index contributed by atoms with van der Waals surface area (Å²) in [6.45, 7) is 17.1. The highest BCUT2D eigenvalue weighted by Crippen LogP contribution is 2.38. The molecule has 1 aromatic rings. The van der Waals surface area contributed by atoms with Gasteiger partial charge in [0.2, 0.25) is 0 Å². The first kappa shape index (κ1) is 17.3. The molecule has 0 spiro atoms. The van der Waals surface area contributed by atoms with E-state index in [1.54, 1.807) is 7.11 Å². The van der Waals surface area contributed by atoms with Gasteiger partial charge in [-0.1, -0.05) is 25.1 Å². The van der Waals surface area contributed by atoms with Crippen molar-refractivity contribution in [3.8, 4) is 5.75 Å². The van der Waals surface area contributed by atoms with Crippen LogP contribution < -0.4 is 4.74 Å². The minimum atomic E-state index is -0.0318. The fourth-order valence-corrected chi connectivity index (χ4v) is 3.61. The lowest BCUT2D eigenvalue weighted by molar-refractivity contribution is -0.0592. The topological polar surface area (TPSA) is 15.7 Å². The second kappa shape index (κ2) is 6.21. The van der Waals surface area contributed by atoms with Gasteiger partial charge in [-0.3, -0.25) is 9.80 Å². The summed E-state index contributed by atoms with van der Waals surface area (Å²) in [4.78, 5) is 5.17. The van der Waals surface area contributed by atoms with E-state index in [4.69, 9.17) is 4.74 Å². The van der Waals surface area contributed by atoms with Gasteiger partial charge in [0.05, 0.1) is 7.11 Å². The Morgan fingerprint density at radius 1 is 1.14 bits per heavy atom. The molecule has 0 amide bonds. The van der Waals surface area contributed by atoms with Crippen LogP contribution in [0, 0.1) is 0 Å². The summed E-state index contributed by atoms with van der Waals surface area (Å²) in [5.41, 5.74) is 1.51. The smallest absolute Gasteiger partial charge is 0.123 e. The zero-order valence-electron chi connectivity index (χ0n) is 15.3. The molecule has 1 aromatic carbocycles. The monoisotopic (exact) mass is 304 g/mol. The summed E-state index contributed by atoms with van der Waals surface area (Å²) < 4.78 is 5.60. The highest BCUT2D eigenvalue weighted by molar-refractivity contribution is 5.38. The van der Waals surface area contributed by atoms with E-state index in [2.05, 4.69) is 69.5 Å². The van der Waals surface area contributed by atoms with Crippen molar-refractivity contribution < 1.29 is 4.74 Å². The van der Waals surface area contributed by atoms with E-state index in [-0.39, 0.29) is 11.1 Å². The molecule has 0 bridgehead atoms. The van der Waals surface area contributed by atoms with Gasteiger partial charge in [0, 0.05) is 35.8 Å². The molecule has 0 N–H and O–H groups in total. The molecular formula is C19H32N2O. The maximum Gasteiger partial charge on any atom is 0.123 e. The first-order chi connectivity index (χ1) is 10.2. The number of nitrogens with zero attached hydrogens (tertiary/aromatic N) is 2. The predicted octanol–water partition coefficient (Wildman–Crippen LogP) is 3.73. The quantitative estimate of drug-likeness (QED) is 0.824. The lowest BCUT2D eigenvalue weighted by atomic mass is 9.87. The standard InChI is InChI=1S/C19H32N2O/c1-8-21(15-13-20(14-15)18(2,3)4)19(5,6)16-11-9-10-12-17(16)22-7/h9-12,15H,8,13-14H2,1-7H3. The van der Waals surface area contributed by atoms with Crippen LogP contribution in [0.15, 0.2) is 24.3 Å². The van der Waals surface area contributed by atoms with Crippen LogP contribution in [0.3, 0.4) is 0 Å². The molecule has 0 radical (unpaired) electrons. The van der Waals surface area contributed by atoms with Crippen LogP contribution in [-0.4, -0.2) is 48.1 Å². The van der Waals surface area contributed by atoms with Gasteiger partial charge in [-0.15, -0.1) is 0 Å². The third kappa shape index (κ3) is 3.16. The molecule has 1 aliphatic rings. The zero-order valence-corrected chi connectivity index (χ0v) is 15.3. The van der Waals surface area contributed by atoms with Gasteiger partial charge in [-0.25, -0.2) is 0 Å². The molecule has 1 aliphatic heterocycles. The minimum Gasteiger partial charge on any atom is -0.496 e. The van der Waals surface area contributed by atoms with Crippen molar-refractivity contribution in [2.45, 2.75) is 58.7 Å². The zero-order chi connectivity index (χ0) is 16.5. The van der Waals surface area contributed by atoms with Gasteiger partial charge in [0.25, 0.3) is 0 Å². The van der Waals surface area contributed by atoms with Crippen molar-refractivity contribution in [1.82, 2.24) is 9.80 Å². The third-order valence-corrected chi connectivity index (χ3v) is 5.08. The summed E-state index contributed by atoms with van der Waals surface area (Å²) >= 11 is 0. The highest BCUT2D eigenvalue weighted by atomic mass is 16.5. The van der Waals surface area contributed by atoms with Gasteiger partial charge in [-0.2, -0.15) is 0 Å². The summed E-state index contributed by atoms with van der Waals surface area (Å²) in [6, 6.07) is 9.02. The number of ether oxygens (including phenoxy) is 1. The van der Waals surface area contributed by atoms with Crippen molar-refractivity contribution in [3.05, 3.63) is 29.8 Å². The Kier molecular flexibility index (Phi) is 4.88. The SMILES string of the molecule is CCN(C1CN(C(C)(C)C)C1)C(C)(C)c1ccccc1OC. The van der Waals surface area contributed by atoms with Crippen molar-refractivity contribution in [1.29, 1.82) is 0 Å². The van der Waals surface area contributed by atoms with Gasteiger partial charge >= 0.3 is 0 Å². The Morgan fingerprint density at radius 2 is 1.73 bits per heavy atom. The van der Waals surface area contributed by atoms with Crippen LogP contribution >= 0.6 is 0 Å². The Morgan fingerprint density at radius 3 is 2.23 bits per heavy atom. The van der Waals surface area contributed by atoms with E-state index >= 15 is 0 Å². The molecule has 2 rings (SSSR count). The number of rotatable bonds is 5. The summed E-state index contributed by atoms with van der Waals surface area (Å²) in [7, 11) is 1.76. The fraction of sp³-hybridized carbons (Fsp3) is 0.684. The predicted molar refractivity (Wildman–Crippen MR) is 93.5 cm³/mol. The van der Waals surface area contributed by atoms with E-state index in [0.29, 0.717) is 6.04 Å². The Balaban J connectivity index is 2.20. The Hall–Kier alpha value is -1.06. The summed E-state index contributed by atoms with van der Waals surface area (Å²) in [5.74, 6) is 0.984. The maximum atomic E-state index is 5.60. The second-order valence-electron chi connectivity index (χ2n) is 7.77. The van der Waals surface area contributed by atoms with E-state index < -0.39 is 0 Å². The lowest BCUT2D eigenvalue weighted by Gasteiger charge is -2.55. The number of likely N-dealkylation sites (N-methyl/N-ethyl adjacent to an activating group) is 1. The van der Waals surface area contributed by atoms with Crippen LogP contribution in [0.2, 0.25) is 0 Å².